The van der Waals surface area contributed by atoms with Gasteiger partial charge in [-0.15, -0.1) is 0 Å². The Balaban J connectivity index is 1.99. The van der Waals surface area contributed by atoms with Crippen molar-refractivity contribution < 1.29 is 14.3 Å². The van der Waals surface area contributed by atoms with Gasteiger partial charge in [0.25, 0.3) is 5.91 Å². The van der Waals surface area contributed by atoms with Gasteiger partial charge in [-0.1, -0.05) is 6.92 Å². The average Bonchev–Trinajstić information content (AvgIpc) is 3.01. The maximum Gasteiger partial charge on any atom is 0.274 e. The number of amides is 1. The number of methoxy groups -OCH3 is 2. The highest BCUT2D eigenvalue weighted by atomic mass is 16.5. The third kappa shape index (κ3) is 2.78. The van der Waals surface area contributed by atoms with Crippen LogP contribution in [0.1, 0.15) is 23.1 Å². The van der Waals surface area contributed by atoms with E-state index in [4.69, 9.17) is 9.47 Å². The number of rotatable bonds is 5. The smallest absolute Gasteiger partial charge is 0.274 e. The molecule has 0 radical (unpaired) electrons. The lowest BCUT2D eigenvalue weighted by Crippen LogP contribution is -2.16. The maximum atomic E-state index is 12.8. The Morgan fingerprint density at radius 3 is 2.54 bits per heavy atom. The predicted molar refractivity (Wildman–Crippen MR) is 92.1 cm³/mol. The molecule has 1 N–H and O–H groups in total. The largest absolute Gasteiger partial charge is 0.497 e. The summed E-state index contributed by atoms with van der Waals surface area (Å²) >= 11 is 0. The molecule has 3 rings (SSSR count). The molecule has 1 aromatic carbocycles. The molecule has 6 nitrogen and oxygen atoms in total. The first-order valence-corrected chi connectivity index (χ1v) is 7.67. The van der Waals surface area contributed by atoms with Crippen LogP contribution in [0, 0.1) is 0 Å². The number of aryl methyl sites for hydroxylation is 1. The molecule has 0 aliphatic heterocycles. The number of nitrogens with zero attached hydrogens (tertiary/aromatic N) is 2. The van der Waals surface area contributed by atoms with Crippen molar-refractivity contribution in [3.8, 4) is 11.5 Å². The van der Waals surface area contributed by atoms with Crippen LogP contribution in [0.2, 0.25) is 0 Å². The molecule has 0 atom stereocenters. The minimum Gasteiger partial charge on any atom is -0.497 e. The summed E-state index contributed by atoms with van der Waals surface area (Å²) in [5.41, 5.74) is 2.57. The normalized spacial score (nSPS) is 10.6. The van der Waals surface area contributed by atoms with Crippen molar-refractivity contribution in [3.05, 3.63) is 54.0 Å². The Kier molecular flexibility index (Phi) is 4.37. The van der Waals surface area contributed by atoms with Crippen molar-refractivity contribution >= 4 is 17.2 Å². The van der Waals surface area contributed by atoms with Crippen molar-refractivity contribution in [2.24, 2.45) is 0 Å². The second kappa shape index (κ2) is 6.62. The lowest BCUT2D eigenvalue weighted by Gasteiger charge is -2.08. The van der Waals surface area contributed by atoms with Gasteiger partial charge in [0.15, 0.2) is 11.4 Å². The fourth-order valence-corrected chi connectivity index (χ4v) is 2.60. The Hall–Kier alpha value is -3.02. The van der Waals surface area contributed by atoms with E-state index in [1.807, 2.05) is 25.3 Å². The van der Waals surface area contributed by atoms with Crippen LogP contribution in [0.5, 0.6) is 11.5 Å². The summed E-state index contributed by atoms with van der Waals surface area (Å²) in [7, 11) is 3.19. The SMILES string of the molecule is CCc1nc2c(OC)cccn2c1C(=O)Nc1ccc(OC)cc1. The average molecular weight is 325 g/mol. The number of aromatic nitrogens is 2. The molecule has 2 aromatic heterocycles. The minimum absolute atomic E-state index is 0.210. The number of fused-ring (bicyclic) bond motifs is 1. The summed E-state index contributed by atoms with van der Waals surface area (Å²) in [6.07, 6.45) is 2.46. The fraction of sp³-hybridized carbons (Fsp3) is 0.222. The van der Waals surface area contributed by atoms with E-state index < -0.39 is 0 Å². The molecule has 0 bridgehead atoms. The predicted octanol–water partition coefficient (Wildman–Crippen LogP) is 3.17. The summed E-state index contributed by atoms with van der Waals surface area (Å²) in [4.78, 5) is 17.3. The molecule has 0 aliphatic carbocycles. The second-order valence-electron chi connectivity index (χ2n) is 5.21. The van der Waals surface area contributed by atoms with Crippen LogP contribution in [0.3, 0.4) is 0 Å². The molecule has 0 fully saturated rings. The number of ether oxygens (including phenoxy) is 2. The summed E-state index contributed by atoms with van der Waals surface area (Å²) in [5, 5.41) is 2.90. The molecule has 0 spiro atoms. The van der Waals surface area contributed by atoms with Gasteiger partial charge in [0.2, 0.25) is 0 Å². The molecule has 24 heavy (non-hydrogen) atoms. The van der Waals surface area contributed by atoms with Crippen LogP contribution in [0.25, 0.3) is 5.65 Å². The summed E-state index contributed by atoms with van der Waals surface area (Å²) in [6.45, 7) is 1.97. The first kappa shape index (κ1) is 15.9. The van der Waals surface area contributed by atoms with Gasteiger partial charge < -0.3 is 14.8 Å². The number of imidazole rings is 1. The third-order valence-corrected chi connectivity index (χ3v) is 3.80. The highest BCUT2D eigenvalue weighted by molar-refractivity contribution is 6.04. The number of nitrogens with one attached hydrogen (secondary N) is 1. The molecule has 0 saturated heterocycles. The summed E-state index contributed by atoms with van der Waals surface area (Å²) in [6, 6.07) is 10.9. The van der Waals surface area contributed by atoms with E-state index in [1.54, 1.807) is 42.9 Å². The van der Waals surface area contributed by atoms with Crippen LogP contribution in [0.15, 0.2) is 42.6 Å². The van der Waals surface area contributed by atoms with Gasteiger partial charge in [-0.2, -0.15) is 0 Å². The molecule has 2 heterocycles. The molecular weight excluding hydrogens is 306 g/mol. The van der Waals surface area contributed by atoms with Gasteiger partial charge in [-0.3, -0.25) is 9.20 Å². The maximum absolute atomic E-state index is 12.8. The molecule has 3 aromatic rings. The number of benzene rings is 1. The van der Waals surface area contributed by atoms with Crippen LogP contribution in [0.4, 0.5) is 5.69 Å². The van der Waals surface area contributed by atoms with Crippen molar-refractivity contribution in [1.82, 2.24) is 9.38 Å². The van der Waals surface area contributed by atoms with E-state index in [9.17, 15) is 4.79 Å². The third-order valence-electron chi connectivity index (χ3n) is 3.80. The van der Waals surface area contributed by atoms with Crippen molar-refractivity contribution in [2.75, 3.05) is 19.5 Å². The molecule has 124 valence electrons. The second-order valence-corrected chi connectivity index (χ2v) is 5.21. The van der Waals surface area contributed by atoms with E-state index in [1.165, 1.54) is 0 Å². The first-order chi connectivity index (χ1) is 11.7. The van der Waals surface area contributed by atoms with Crippen LogP contribution in [-0.4, -0.2) is 29.5 Å². The van der Waals surface area contributed by atoms with E-state index in [0.29, 0.717) is 29.2 Å². The van der Waals surface area contributed by atoms with Gasteiger partial charge in [0.05, 0.1) is 19.9 Å². The minimum atomic E-state index is -0.210. The molecule has 0 unspecified atom stereocenters. The van der Waals surface area contributed by atoms with E-state index >= 15 is 0 Å². The molecule has 1 amide bonds. The topological polar surface area (TPSA) is 64.9 Å². The molecule has 0 saturated carbocycles. The lowest BCUT2D eigenvalue weighted by atomic mass is 10.2. The Morgan fingerprint density at radius 2 is 1.92 bits per heavy atom. The monoisotopic (exact) mass is 325 g/mol. The van der Waals surface area contributed by atoms with Crippen LogP contribution < -0.4 is 14.8 Å². The van der Waals surface area contributed by atoms with Crippen molar-refractivity contribution in [1.29, 1.82) is 0 Å². The lowest BCUT2D eigenvalue weighted by molar-refractivity contribution is 0.102. The van der Waals surface area contributed by atoms with Gasteiger partial charge in [0.1, 0.15) is 11.4 Å². The Bertz CT molecular complexity index is 869. The van der Waals surface area contributed by atoms with Crippen molar-refractivity contribution in [2.45, 2.75) is 13.3 Å². The standard InChI is InChI=1S/C18H19N3O3/c1-4-14-16(21-11-5-6-15(24-3)17(21)20-14)18(22)19-12-7-9-13(23-2)10-8-12/h5-11H,4H2,1-3H3,(H,19,22). The number of pyridine rings is 1. The molecule has 0 aliphatic rings. The van der Waals surface area contributed by atoms with Crippen LogP contribution in [-0.2, 0) is 6.42 Å². The van der Waals surface area contributed by atoms with E-state index in [2.05, 4.69) is 10.3 Å². The number of carbonyl (C=O) groups is 1. The number of hydrogen-bond donors (Lipinski definition) is 1. The van der Waals surface area contributed by atoms with Crippen molar-refractivity contribution in [3.63, 3.8) is 0 Å². The fourth-order valence-electron chi connectivity index (χ4n) is 2.60. The zero-order chi connectivity index (χ0) is 17.1. The Labute approximate surface area is 140 Å². The molecular formula is C18H19N3O3. The van der Waals surface area contributed by atoms with Gasteiger partial charge >= 0.3 is 0 Å². The zero-order valence-corrected chi connectivity index (χ0v) is 13.9. The van der Waals surface area contributed by atoms with E-state index in [-0.39, 0.29) is 5.91 Å². The number of carbonyl (C=O) groups excluding carboxylic acids is 1. The van der Waals surface area contributed by atoms with Gasteiger partial charge in [-0.25, -0.2) is 4.98 Å². The number of hydrogen-bond acceptors (Lipinski definition) is 4. The zero-order valence-electron chi connectivity index (χ0n) is 13.9. The number of anilines is 1. The highest BCUT2D eigenvalue weighted by Gasteiger charge is 2.20. The first-order valence-electron chi connectivity index (χ1n) is 7.67. The van der Waals surface area contributed by atoms with Gasteiger partial charge in [0, 0.05) is 11.9 Å². The Morgan fingerprint density at radius 1 is 1.17 bits per heavy atom. The summed E-state index contributed by atoms with van der Waals surface area (Å²) < 4.78 is 12.2. The quantitative estimate of drug-likeness (QED) is 0.782. The van der Waals surface area contributed by atoms with Crippen LogP contribution >= 0.6 is 0 Å². The summed E-state index contributed by atoms with van der Waals surface area (Å²) in [5.74, 6) is 1.16. The highest BCUT2D eigenvalue weighted by Crippen LogP contribution is 2.23. The van der Waals surface area contributed by atoms with Gasteiger partial charge in [-0.05, 0) is 42.8 Å². The molecule has 6 heteroatoms. The van der Waals surface area contributed by atoms with E-state index in [0.717, 1.165) is 11.4 Å².